The van der Waals surface area contributed by atoms with Gasteiger partial charge in [0.25, 0.3) is 0 Å². The Morgan fingerprint density at radius 2 is 2.09 bits per heavy atom. The van der Waals surface area contributed by atoms with Crippen LogP contribution in [0, 0.1) is 0 Å². The molecule has 23 heavy (non-hydrogen) atoms. The van der Waals surface area contributed by atoms with Crippen LogP contribution in [0.5, 0.6) is 5.88 Å². The second-order valence-electron chi connectivity index (χ2n) is 6.76. The number of hydrogen-bond donors (Lipinski definition) is 1. The maximum absolute atomic E-state index is 11.2. The fraction of sp³-hybridized carbons (Fsp3) is 0.688. The lowest BCUT2D eigenvalue weighted by molar-refractivity contribution is 0.139. The minimum absolute atomic E-state index is 0.0646. The van der Waals surface area contributed by atoms with Crippen molar-refractivity contribution in [3.63, 3.8) is 0 Å². The molecule has 3 aliphatic rings. The van der Waals surface area contributed by atoms with Gasteiger partial charge in [-0.2, -0.15) is 0 Å². The zero-order valence-corrected chi connectivity index (χ0v) is 13.1. The quantitative estimate of drug-likeness (QED) is 0.911. The fourth-order valence-electron chi connectivity index (χ4n) is 3.62. The molecule has 2 aliphatic heterocycles. The summed E-state index contributed by atoms with van der Waals surface area (Å²) in [6, 6.07) is 0.247. The van der Waals surface area contributed by atoms with Crippen molar-refractivity contribution in [3.05, 3.63) is 18.1 Å². The molecule has 2 saturated heterocycles. The van der Waals surface area contributed by atoms with Crippen LogP contribution in [-0.4, -0.2) is 69.3 Å². The average Bonchev–Trinajstić information content (AvgIpc) is 3.33. The summed E-state index contributed by atoms with van der Waals surface area (Å²) < 4.78 is 5.98. The van der Waals surface area contributed by atoms with Crippen molar-refractivity contribution in [2.75, 3.05) is 26.2 Å². The first-order chi connectivity index (χ1) is 11.2. The number of amides is 1. The summed E-state index contributed by atoms with van der Waals surface area (Å²) >= 11 is 0. The molecule has 7 heteroatoms. The van der Waals surface area contributed by atoms with Gasteiger partial charge in [0.05, 0.1) is 18.1 Å². The molecule has 2 atom stereocenters. The molecule has 7 nitrogen and oxygen atoms in total. The Bertz CT molecular complexity index is 575. The minimum Gasteiger partial charge on any atom is -0.472 e. The smallest absolute Gasteiger partial charge is 0.407 e. The summed E-state index contributed by atoms with van der Waals surface area (Å²) in [6.45, 7) is 2.97. The van der Waals surface area contributed by atoms with Gasteiger partial charge in [0.1, 0.15) is 6.10 Å². The van der Waals surface area contributed by atoms with Crippen molar-refractivity contribution in [3.8, 4) is 5.88 Å². The maximum atomic E-state index is 11.2. The highest BCUT2D eigenvalue weighted by Crippen LogP contribution is 2.38. The van der Waals surface area contributed by atoms with Crippen molar-refractivity contribution >= 4 is 6.09 Å². The molecule has 0 aromatic carbocycles. The van der Waals surface area contributed by atoms with Gasteiger partial charge in [-0.05, 0) is 19.3 Å². The lowest BCUT2D eigenvalue weighted by Gasteiger charge is -2.22. The molecule has 1 aromatic rings. The highest BCUT2D eigenvalue weighted by Gasteiger charge is 2.37. The molecule has 1 amide bonds. The van der Waals surface area contributed by atoms with Crippen LogP contribution in [0.2, 0.25) is 0 Å². The van der Waals surface area contributed by atoms with Crippen molar-refractivity contribution in [1.82, 2.24) is 19.8 Å². The zero-order chi connectivity index (χ0) is 15.8. The van der Waals surface area contributed by atoms with Gasteiger partial charge >= 0.3 is 6.09 Å². The molecule has 4 rings (SSSR count). The topological polar surface area (TPSA) is 78.8 Å². The molecular weight excluding hydrogens is 296 g/mol. The molecule has 0 spiro atoms. The molecule has 3 fully saturated rings. The van der Waals surface area contributed by atoms with E-state index in [4.69, 9.17) is 4.74 Å². The van der Waals surface area contributed by atoms with Gasteiger partial charge in [0.15, 0.2) is 0 Å². The number of carbonyl (C=O) groups is 1. The van der Waals surface area contributed by atoms with E-state index in [0.717, 1.165) is 31.6 Å². The van der Waals surface area contributed by atoms with Gasteiger partial charge in [0, 0.05) is 44.6 Å². The molecule has 1 aromatic heterocycles. The van der Waals surface area contributed by atoms with E-state index in [9.17, 15) is 9.90 Å². The zero-order valence-electron chi connectivity index (χ0n) is 13.1. The van der Waals surface area contributed by atoms with Crippen LogP contribution >= 0.6 is 0 Å². The molecule has 0 unspecified atom stereocenters. The number of rotatable bonds is 3. The number of aromatic nitrogens is 2. The van der Waals surface area contributed by atoms with E-state index in [-0.39, 0.29) is 12.1 Å². The van der Waals surface area contributed by atoms with E-state index in [1.54, 1.807) is 6.20 Å². The van der Waals surface area contributed by atoms with Crippen LogP contribution < -0.4 is 4.74 Å². The van der Waals surface area contributed by atoms with E-state index in [0.29, 0.717) is 24.9 Å². The number of nitrogens with zero attached hydrogens (tertiary/aromatic N) is 4. The highest BCUT2D eigenvalue weighted by molar-refractivity contribution is 5.65. The monoisotopic (exact) mass is 318 g/mol. The van der Waals surface area contributed by atoms with Gasteiger partial charge in [-0.15, -0.1) is 0 Å². The third-order valence-corrected chi connectivity index (χ3v) is 5.00. The Balaban J connectivity index is 1.36. The first-order valence-electron chi connectivity index (χ1n) is 8.39. The summed E-state index contributed by atoms with van der Waals surface area (Å²) in [5, 5.41) is 9.22. The van der Waals surface area contributed by atoms with E-state index in [2.05, 4.69) is 14.9 Å². The Morgan fingerprint density at radius 3 is 2.78 bits per heavy atom. The predicted octanol–water partition coefficient (Wildman–Crippen LogP) is 1.56. The van der Waals surface area contributed by atoms with Crippen LogP contribution in [0.15, 0.2) is 12.4 Å². The lowest BCUT2D eigenvalue weighted by Crippen LogP contribution is -2.38. The van der Waals surface area contributed by atoms with Gasteiger partial charge in [-0.25, -0.2) is 9.78 Å². The second kappa shape index (κ2) is 5.96. The summed E-state index contributed by atoms with van der Waals surface area (Å²) in [5.74, 6) is 1.18. The minimum atomic E-state index is -0.822. The van der Waals surface area contributed by atoms with Crippen LogP contribution in [0.3, 0.4) is 0 Å². The van der Waals surface area contributed by atoms with Gasteiger partial charge in [0.2, 0.25) is 5.88 Å². The Hall–Kier alpha value is -1.89. The molecule has 1 N–H and O–H groups in total. The normalized spacial score (nSPS) is 28.3. The predicted molar refractivity (Wildman–Crippen MR) is 82.6 cm³/mol. The average molecular weight is 318 g/mol. The van der Waals surface area contributed by atoms with Crippen molar-refractivity contribution in [2.24, 2.45) is 0 Å². The van der Waals surface area contributed by atoms with E-state index >= 15 is 0 Å². The second-order valence-corrected chi connectivity index (χ2v) is 6.76. The SMILES string of the molecule is O=C(O)N1CCCN2C[C@H](Oc3cnc(C4CC4)cn3)C[C@H]2C1. The van der Waals surface area contributed by atoms with E-state index in [1.807, 2.05) is 6.20 Å². The van der Waals surface area contributed by atoms with Crippen molar-refractivity contribution < 1.29 is 14.6 Å². The lowest BCUT2D eigenvalue weighted by atomic mass is 10.2. The van der Waals surface area contributed by atoms with Crippen LogP contribution in [0.1, 0.15) is 37.3 Å². The summed E-state index contributed by atoms with van der Waals surface area (Å²) in [7, 11) is 0. The summed E-state index contributed by atoms with van der Waals surface area (Å²) in [4.78, 5) is 23.9. The third-order valence-electron chi connectivity index (χ3n) is 5.00. The summed E-state index contributed by atoms with van der Waals surface area (Å²) in [5.41, 5.74) is 1.06. The van der Waals surface area contributed by atoms with Gasteiger partial charge < -0.3 is 14.7 Å². The van der Waals surface area contributed by atoms with Gasteiger partial charge in [-0.1, -0.05) is 0 Å². The largest absolute Gasteiger partial charge is 0.472 e. The first kappa shape index (κ1) is 14.7. The number of fused-ring (bicyclic) bond motifs is 1. The standard InChI is InChI=1S/C16H22N4O3/c21-16(22)20-5-1-4-19-10-13(6-12(19)9-20)23-15-8-17-14(7-18-15)11-2-3-11/h7-8,11-13H,1-6,9-10H2,(H,21,22)/t12-,13+/m0/s1. The van der Waals surface area contributed by atoms with E-state index < -0.39 is 6.09 Å². The van der Waals surface area contributed by atoms with E-state index in [1.165, 1.54) is 17.7 Å². The van der Waals surface area contributed by atoms with Crippen molar-refractivity contribution in [1.29, 1.82) is 0 Å². The molecule has 124 valence electrons. The highest BCUT2D eigenvalue weighted by atomic mass is 16.5. The molecule has 1 aliphatic carbocycles. The Kier molecular flexibility index (Phi) is 3.80. The molecular formula is C16H22N4O3. The van der Waals surface area contributed by atoms with Gasteiger partial charge in [-0.3, -0.25) is 9.88 Å². The molecule has 1 saturated carbocycles. The van der Waals surface area contributed by atoms with Crippen LogP contribution in [0.25, 0.3) is 0 Å². The first-order valence-corrected chi connectivity index (χ1v) is 8.39. The number of ether oxygens (including phenoxy) is 1. The fourth-order valence-corrected chi connectivity index (χ4v) is 3.62. The molecule has 0 bridgehead atoms. The molecule has 3 heterocycles. The third kappa shape index (κ3) is 3.24. The number of carboxylic acid groups (broad SMARTS) is 1. The maximum Gasteiger partial charge on any atom is 0.407 e. The summed E-state index contributed by atoms with van der Waals surface area (Å²) in [6.07, 6.45) is 6.95. The van der Waals surface area contributed by atoms with Crippen LogP contribution in [-0.2, 0) is 0 Å². The molecule has 0 radical (unpaired) electrons. The van der Waals surface area contributed by atoms with Crippen LogP contribution in [0.4, 0.5) is 4.79 Å². The number of hydrogen-bond acceptors (Lipinski definition) is 5. The Morgan fingerprint density at radius 1 is 1.22 bits per heavy atom. The Labute approximate surface area is 135 Å². The van der Waals surface area contributed by atoms with Crippen molar-refractivity contribution in [2.45, 2.75) is 43.7 Å².